The standard InChI is InChI=1S/C15H16N4O/c1-16-9-11-10-19-15(17-11)8-7-13(18-19)12-5-3-4-6-14(12)20-2/h3-8,10,16H,9H2,1-2H3. The molecular weight excluding hydrogens is 252 g/mol. The predicted octanol–water partition coefficient (Wildman–Crippen LogP) is 2.12. The number of ether oxygens (including phenoxy) is 1. The summed E-state index contributed by atoms with van der Waals surface area (Å²) in [7, 11) is 3.57. The van der Waals surface area contributed by atoms with Crippen LogP contribution in [0.5, 0.6) is 5.75 Å². The second kappa shape index (κ2) is 5.30. The average Bonchev–Trinajstić information content (AvgIpc) is 2.89. The number of benzene rings is 1. The van der Waals surface area contributed by atoms with Crippen LogP contribution in [0.4, 0.5) is 0 Å². The Morgan fingerprint density at radius 2 is 2.05 bits per heavy atom. The van der Waals surface area contributed by atoms with Crippen molar-refractivity contribution in [2.75, 3.05) is 14.2 Å². The lowest BCUT2D eigenvalue weighted by molar-refractivity contribution is 0.416. The molecule has 3 rings (SSSR count). The molecule has 5 heteroatoms. The van der Waals surface area contributed by atoms with Crippen LogP contribution in [0, 0.1) is 0 Å². The zero-order valence-corrected chi connectivity index (χ0v) is 11.5. The number of methoxy groups -OCH3 is 1. The van der Waals surface area contributed by atoms with E-state index < -0.39 is 0 Å². The van der Waals surface area contributed by atoms with Crippen LogP contribution in [0.2, 0.25) is 0 Å². The Labute approximate surface area is 117 Å². The minimum atomic E-state index is 0.730. The van der Waals surface area contributed by atoms with Gasteiger partial charge in [-0.25, -0.2) is 9.50 Å². The lowest BCUT2D eigenvalue weighted by atomic mass is 10.1. The second-order valence-electron chi connectivity index (χ2n) is 4.48. The molecule has 0 atom stereocenters. The quantitative estimate of drug-likeness (QED) is 0.787. The fourth-order valence-corrected chi connectivity index (χ4v) is 2.20. The summed E-state index contributed by atoms with van der Waals surface area (Å²) in [4.78, 5) is 4.49. The van der Waals surface area contributed by atoms with Gasteiger partial charge in [-0.2, -0.15) is 5.10 Å². The minimum Gasteiger partial charge on any atom is -0.496 e. The smallest absolute Gasteiger partial charge is 0.153 e. The van der Waals surface area contributed by atoms with Gasteiger partial charge in [0.15, 0.2) is 5.65 Å². The number of hydrogen-bond donors (Lipinski definition) is 1. The van der Waals surface area contributed by atoms with E-state index in [4.69, 9.17) is 4.74 Å². The van der Waals surface area contributed by atoms with Gasteiger partial charge in [-0.15, -0.1) is 0 Å². The van der Waals surface area contributed by atoms with Gasteiger partial charge in [-0.05, 0) is 31.3 Å². The van der Waals surface area contributed by atoms with Gasteiger partial charge in [0, 0.05) is 12.1 Å². The SMILES string of the molecule is CNCc1cn2nc(-c3ccccc3OC)ccc2n1. The van der Waals surface area contributed by atoms with Crippen molar-refractivity contribution in [1.29, 1.82) is 0 Å². The van der Waals surface area contributed by atoms with E-state index in [1.807, 2.05) is 49.6 Å². The fourth-order valence-electron chi connectivity index (χ4n) is 2.20. The maximum absolute atomic E-state index is 5.38. The Morgan fingerprint density at radius 3 is 2.85 bits per heavy atom. The number of para-hydroxylation sites is 1. The maximum atomic E-state index is 5.38. The van der Waals surface area contributed by atoms with Gasteiger partial charge in [0.1, 0.15) is 5.75 Å². The van der Waals surface area contributed by atoms with Crippen molar-refractivity contribution >= 4 is 5.65 Å². The van der Waals surface area contributed by atoms with E-state index in [1.54, 1.807) is 11.6 Å². The molecule has 0 fully saturated rings. The number of aromatic nitrogens is 3. The van der Waals surface area contributed by atoms with Crippen molar-refractivity contribution in [1.82, 2.24) is 19.9 Å². The predicted molar refractivity (Wildman–Crippen MR) is 77.7 cm³/mol. The highest BCUT2D eigenvalue weighted by Gasteiger charge is 2.08. The van der Waals surface area contributed by atoms with Crippen LogP contribution >= 0.6 is 0 Å². The monoisotopic (exact) mass is 268 g/mol. The molecule has 0 amide bonds. The van der Waals surface area contributed by atoms with Crippen LogP contribution in [-0.4, -0.2) is 28.8 Å². The Hall–Kier alpha value is -2.40. The van der Waals surface area contributed by atoms with Gasteiger partial charge in [0.2, 0.25) is 0 Å². The summed E-state index contributed by atoms with van der Waals surface area (Å²) in [6.45, 7) is 0.730. The largest absolute Gasteiger partial charge is 0.496 e. The summed E-state index contributed by atoms with van der Waals surface area (Å²) >= 11 is 0. The summed E-state index contributed by atoms with van der Waals surface area (Å²) in [5.41, 5.74) is 3.65. The summed E-state index contributed by atoms with van der Waals surface area (Å²) in [6.07, 6.45) is 1.94. The van der Waals surface area contributed by atoms with Crippen LogP contribution in [0.25, 0.3) is 16.9 Å². The molecule has 0 aliphatic carbocycles. The second-order valence-corrected chi connectivity index (χ2v) is 4.48. The average molecular weight is 268 g/mol. The highest BCUT2D eigenvalue weighted by atomic mass is 16.5. The lowest BCUT2D eigenvalue weighted by Gasteiger charge is -2.07. The summed E-state index contributed by atoms with van der Waals surface area (Å²) < 4.78 is 7.18. The highest BCUT2D eigenvalue weighted by Crippen LogP contribution is 2.27. The van der Waals surface area contributed by atoms with Crippen molar-refractivity contribution in [3.63, 3.8) is 0 Å². The molecule has 0 aliphatic heterocycles. The van der Waals surface area contributed by atoms with Gasteiger partial charge < -0.3 is 10.1 Å². The molecule has 20 heavy (non-hydrogen) atoms. The lowest BCUT2D eigenvalue weighted by Crippen LogP contribution is -2.04. The third-order valence-corrected chi connectivity index (χ3v) is 3.11. The first-order chi connectivity index (χ1) is 9.81. The molecule has 1 aromatic carbocycles. The van der Waals surface area contributed by atoms with Gasteiger partial charge in [-0.3, -0.25) is 0 Å². The summed E-state index contributed by atoms with van der Waals surface area (Å²) in [6, 6.07) is 11.8. The van der Waals surface area contributed by atoms with Crippen LogP contribution < -0.4 is 10.1 Å². The maximum Gasteiger partial charge on any atom is 0.153 e. The van der Waals surface area contributed by atoms with Crippen LogP contribution in [-0.2, 0) is 6.54 Å². The third-order valence-electron chi connectivity index (χ3n) is 3.11. The number of rotatable bonds is 4. The normalized spacial score (nSPS) is 10.9. The van der Waals surface area contributed by atoms with E-state index >= 15 is 0 Å². The Morgan fingerprint density at radius 1 is 1.20 bits per heavy atom. The van der Waals surface area contributed by atoms with E-state index in [9.17, 15) is 0 Å². The molecule has 0 unspecified atom stereocenters. The summed E-state index contributed by atoms with van der Waals surface area (Å²) in [5, 5.41) is 7.69. The molecule has 2 aromatic heterocycles. The number of fused-ring (bicyclic) bond motifs is 1. The van der Waals surface area contributed by atoms with E-state index in [0.29, 0.717) is 0 Å². The molecule has 0 spiro atoms. The topological polar surface area (TPSA) is 51.5 Å². The van der Waals surface area contributed by atoms with Gasteiger partial charge in [-0.1, -0.05) is 12.1 Å². The molecular formula is C15H16N4O. The molecule has 102 valence electrons. The van der Waals surface area contributed by atoms with Crippen LogP contribution in [0.3, 0.4) is 0 Å². The molecule has 0 bridgehead atoms. The summed E-state index contributed by atoms with van der Waals surface area (Å²) in [5.74, 6) is 0.815. The van der Waals surface area contributed by atoms with E-state index in [0.717, 1.165) is 34.9 Å². The van der Waals surface area contributed by atoms with Crippen molar-refractivity contribution < 1.29 is 4.74 Å². The van der Waals surface area contributed by atoms with E-state index in [2.05, 4.69) is 15.4 Å². The molecule has 0 saturated carbocycles. The van der Waals surface area contributed by atoms with Crippen LogP contribution in [0.15, 0.2) is 42.6 Å². The van der Waals surface area contributed by atoms with Crippen molar-refractivity contribution in [3.05, 3.63) is 48.3 Å². The number of hydrogen-bond acceptors (Lipinski definition) is 4. The Balaban J connectivity index is 2.08. The van der Waals surface area contributed by atoms with Gasteiger partial charge in [0.05, 0.1) is 24.7 Å². The van der Waals surface area contributed by atoms with E-state index in [1.165, 1.54) is 0 Å². The first-order valence-electron chi connectivity index (χ1n) is 6.45. The molecule has 1 N–H and O–H groups in total. The zero-order chi connectivity index (χ0) is 13.9. The minimum absolute atomic E-state index is 0.730. The molecule has 3 aromatic rings. The third kappa shape index (κ3) is 2.23. The Kier molecular flexibility index (Phi) is 3.35. The van der Waals surface area contributed by atoms with Gasteiger partial charge in [0.25, 0.3) is 0 Å². The zero-order valence-electron chi connectivity index (χ0n) is 11.5. The van der Waals surface area contributed by atoms with Gasteiger partial charge >= 0.3 is 0 Å². The van der Waals surface area contributed by atoms with Crippen LogP contribution in [0.1, 0.15) is 5.69 Å². The van der Waals surface area contributed by atoms with E-state index in [-0.39, 0.29) is 0 Å². The van der Waals surface area contributed by atoms with Crippen molar-refractivity contribution in [2.45, 2.75) is 6.54 Å². The Bertz CT molecular complexity index is 736. The fraction of sp³-hybridized carbons (Fsp3) is 0.200. The molecule has 5 nitrogen and oxygen atoms in total. The first kappa shape index (κ1) is 12.6. The molecule has 0 radical (unpaired) electrons. The van der Waals surface area contributed by atoms with Crippen molar-refractivity contribution in [3.8, 4) is 17.0 Å². The first-order valence-corrected chi connectivity index (χ1v) is 6.45. The number of nitrogens with one attached hydrogen (secondary N) is 1. The number of nitrogens with zero attached hydrogens (tertiary/aromatic N) is 3. The molecule has 0 saturated heterocycles. The molecule has 2 heterocycles. The molecule has 0 aliphatic rings. The number of imidazole rings is 1. The van der Waals surface area contributed by atoms with Crippen molar-refractivity contribution in [2.24, 2.45) is 0 Å². The highest BCUT2D eigenvalue weighted by molar-refractivity contribution is 5.67.